The van der Waals surface area contributed by atoms with Gasteiger partial charge in [0.1, 0.15) is 21.6 Å². The van der Waals surface area contributed by atoms with E-state index >= 15 is 0 Å². The van der Waals surface area contributed by atoms with Crippen molar-refractivity contribution in [3.63, 3.8) is 0 Å². The number of carbonyl (C=O) groups is 1. The molecule has 4 heterocycles. The summed E-state index contributed by atoms with van der Waals surface area (Å²) in [7, 11) is 0. The maximum absolute atomic E-state index is 12.8. The summed E-state index contributed by atoms with van der Waals surface area (Å²) in [6.07, 6.45) is 3.28. The summed E-state index contributed by atoms with van der Waals surface area (Å²) in [6.45, 7) is 0. The number of aromatic nitrogens is 3. The SMILES string of the molecule is O=C(O)c1cccc(-c2ccc(/C=c3\sc4nc5cc(Br)cnc5n4c3=O)o2)c1. The molecule has 0 unspecified atom stereocenters. The van der Waals surface area contributed by atoms with E-state index in [1.54, 1.807) is 42.6 Å². The molecule has 0 saturated carbocycles. The summed E-state index contributed by atoms with van der Waals surface area (Å²) < 4.78 is 8.56. The average molecular weight is 468 g/mol. The zero-order chi connectivity index (χ0) is 20.1. The van der Waals surface area contributed by atoms with Gasteiger partial charge in [-0.2, -0.15) is 0 Å². The summed E-state index contributed by atoms with van der Waals surface area (Å²) >= 11 is 4.60. The Bertz CT molecular complexity index is 1530. The first kappa shape index (κ1) is 17.8. The van der Waals surface area contributed by atoms with Crippen molar-refractivity contribution in [2.45, 2.75) is 0 Å². The summed E-state index contributed by atoms with van der Waals surface area (Å²) in [6, 6.07) is 11.8. The number of carboxylic acid groups (broad SMARTS) is 1. The summed E-state index contributed by atoms with van der Waals surface area (Å²) in [5.74, 6) is 0.00317. The standard InChI is InChI=1S/C20H10BrN3O4S/c21-12-7-14-17(22-9-12)24-18(25)16(29-20(24)23-14)8-13-4-5-15(28-13)10-2-1-3-11(6-10)19(26)27/h1-9H,(H,26,27)/b16-8-. The van der Waals surface area contributed by atoms with Crippen LogP contribution in [-0.2, 0) is 0 Å². The maximum atomic E-state index is 12.8. The smallest absolute Gasteiger partial charge is 0.335 e. The lowest BCUT2D eigenvalue weighted by Gasteiger charge is -1.98. The van der Waals surface area contributed by atoms with Gasteiger partial charge in [-0.05, 0) is 46.3 Å². The molecule has 1 aromatic carbocycles. The summed E-state index contributed by atoms with van der Waals surface area (Å²) in [5.41, 5.74) is 1.76. The number of thiazole rings is 1. The van der Waals surface area contributed by atoms with Gasteiger partial charge in [-0.3, -0.25) is 4.79 Å². The first-order valence-corrected chi connectivity index (χ1v) is 10.0. The molecule has 7 nitrogen and oxygen atoms in total. The van der Waals surface area contributed by atoms with Crippen LogP contribution >= 0.6 is 27.3 Å². The first-order chi connectivity index (χ1) is 14.0. The normalized spacial score (nSPS) is 12.2. The Balaban J connectivity index is 1.59. The number of fused-ring (bicyclic) bond motifs is 3. The van der Waals surface area contributed by atoms with Gasteiger partial charge in [0.15, 0.2) is 10.6 Å². The molecule has 0 radical (unpaired) electrons. The number of rotatable bonds is 3. The number of aromatic carboxylic acids is 1. The number of carboxylic acids is 1. The van der Waals surface area contributed by atoms with Crippen LogP contribution in [0.1, 0.15) is 16.1 Å². The Morgan fingerprint density at radius 1 is 1.24 bits per heavy atom. The maximum Gasteiger partial charge on any atom is 0.335 e. The predicted octanol–water partition coefficient (Wildman–Crippen LogP) is 3.57. The van der Waals surface area contributed by atoms with Crippen molar-refractivity contribution in [3.8, 4) is 11.3 Å². The third-order valence-electron chi connectivity index (χ3n) is 4.34. The third-order valence-corrected chi connectivity index (χ3v) is 5.74. The van der Waals surface area contributed by atoms with Crippen molar-refractivity contribution in [3.05, 3.63) is 79.3 Å². The Kier molecular flexibility index (Phi) is 4.07. The van der Waals surface area contributed by atoms with Crippen LogP contribution in [0.2, 0.25) is 0 Å². The van der Waals surface area contributed by atoms with E-state index in [2.05, 4.69) is 25.9 Å². The van der Waals surface area contributed by atoms with Crippen LogP contribution in [0, 0.1) is 0 Å². The van der Waals surface area contributed by atoms with E-state index in [-0.39, 0.29) is 11.1 Å². The molecular weight excluding hydrogens is 458 g/mol. The molecule has 29 heavy (non-hydrogen) atoms. The lowest BCUT2D eigenvalue weighted by atomic mass is 10.1. The molecule has 1 N–H and O–H groups in total. The predicted molar refractivity (Wildman–Crippen MR) is 112 cm³/mol. The molecule has 0 aliphatic heterocycles. The highest BCUT2D eigenvalue weighted by molar-refractivity contribution is 9.10. The van der Waals surface area contributed by atoms with Crippen molar-refractivity contribution in [2.24, 2.45) is 0 Å². The molecule has 9 heteroatoms. The molecule has 0 aliphatic rings. The summed E-state index contributed by atoms with van der Waals surface area (Å²) in [5, 5.41) is 9.14. The van der Waals surface area contributed by atoms with Crippen LogP contribution in [0.5, 0.6) is 0 Å². The average Bonchev–Trinajstić information content (AvgIpc) is 3.38. The number of furan rings is 1. The molecular formula is C20H10BrN3O4S. The highest BCUT2D eigenvalue weighted by Crippen LogP contribution is 2.24. The van der Waals surface area contributed by atoms with Crippen LogP contribution in [0.15, 0.2) is 62.3 Å². The molecule has 0 bridgehead atoms. The monoisotopic (exact) mass is 467 g/mol. The molecule has 0 saturated heterocycles. The molecule has 142 valence electrons. The van der Waals surface area contributed by atoms with Gasteiger partial charge in [-0.1, -0.05) is 23.5 Å². The lowest BCUT2D eigenvalue weighted by molar-refractivity contribution is 0.0697. The number of nitrogens with zero attached hydrogens (tertiary/aromatic N) is 3. The number of benzene rings is 1. The van der Waals surface area contributed by atoms with Gasteiger partial charge in [0.05, 0.1) is 5.56 Å². The van der Waals surface area contributed by atoms with E-state index in [0.29, 0.717) is 37.7 Å². The Morgan fingerprint density at radius 2 is 2.10 bits per heavy atom. The number of pyridine rings is 1. The highest BCUT2D eigenvalue weighted by Gasteiger charge is 2.13. The molecule has 5 aromatic rings. The minimum Gasteiger partial charge on any atom is -0.478 e. The minimum atomic E-state index is -1.00. The Hall–Kier alpha value is -3.30. The van der Waals surface area contributed by atoms with Gasteiger partial charge < -0.3 is 9.52 Å². The van der Waals surface area contributed by atoms with E-state index in [4.69, 9.17) is 9.52 Å². The van der Waals surface area contributed by atoms with Crippen molar-refractivity contribution < 1.29 is 14.3 Å². The van der Waals surface area contributed by atoms with E-state index in [0.717, 1.165) is 4.47 Å². The Labute approximate surface area is 174 Å². The van der Waals surface area contributed by atoms with Crippen LogP contribution in [0.4, 0.5) is 0 Å². The van der Waals surface area contributed by atoms with E-state index < -0.39 is 5.97 Å². The molecule has 0 aliphatic carbocycles. The lowest BCUT2D eigenvalue weighted by Crippen LogP contribution is -2.22. The molecule has 5 rings (SSSR count). The minimum absolute atomic E-state index is 0.178. The quantitative estimate of drug-likeness (QED) is 0.435. The Morgan fingerprint density at radius 3 is 2.93 bits per heavy atom. The number of hydrogen-bond donors (Lipinski definition) is 1. The largest absolute Gasteiger partial charge is 0.478 e. The molecule has 4 aromatic heterocycles. The number of imidazole rings is 1. The highest BCUT2D eigenvalue weighted by atomic mass is 79.9. The second kappa shape index (κ2) is 6.64. The van der Waals surface area contributed by atoms with Gasteiger partial charge in [-0.25, -0.2) is 19.2 Å². The van der Waals surface area contributed by atoms with Gasteiger partial charge in [-0.15, -0.1) is 0 Å². The number of halogens is 1. The first-order valence-electron chi connectivity index (χ1n) is 8.41. The number of hydrogen-bond acceptors (Lipinski definition) is 6. The van der Waals surface area contributed by atoms with Crippen LogP contribution in [-0.4, -0.2) is 25.4 Å². The zero-order valence-corrected chi connectivity index (χ0v) is 16.9. The van der Waals surface area contributed by atoms with E-state index in [1.165, 1.54) is 21.8 Å². The molecule has 0 amide bonds. The fourth-order valence-corrected chi connectivity index (χ4v) is 4.31. The van der Waals surface area contributed by atoms with Gasteiger partial charge in [0, 0.05) is 22.3 Å². The van der Waals surface area contributed by atoms with Crippen molar-refractivity contribution in [1.82, 2.24) is 14.4 Å². The van der Waals surface area contributed by atoms with Crippen LogP contribution < -0.4 is 10.1 Å². The topological polar surface area (TPSA) is 97.7 Å². The van der Waals surface area contributed by atoms with Crippen molar-refractivity contribution >= 4 is 55.4 Å². The fraction of sp³-hybridized carbons (Fsp3) is 0. The van der Waals surface area contributed by atoms with Crippen LogP contribution in [0.25, 0.3) is 33.5 Å². The zero-order valence-electron chi connectivity index (χ0n) is 14.5. The second-order valence-electron chi connectivity index (χ2n) is 6.23. The molecule has 0 atom stereocenters. The van der Waals surface area contributed by atoms with E-state index in [1.807, 2.05) is 6.07 Å². The van der Waals surface area contributed by atoms with Gasteiger partial charge in [0.25, 0.3) is 5.56 Å². The fourth-order valence-electron chi connectivity index (χ4n) is 3.03. The van der Waals surface area contributed by atoms with Crippen molar-refractivity contribution in [2.75, 3.05) is 0 Å². The van der Waals surface area contributed by atoms with Crippen LogP contribution in [0.3, 0.4) is 0 Å². The van der Waals surface area contributed by atoms with Gasteiger partial charge >= 0.3 is 5.97 Å². The molecule has 0 fully saturated rings. The third kappa shape index (κ3) is 3.04. The van der Waals surface area contributed by atoms with E-state index in [9.17, 15) is 9.59 Å². The summed E-state index contributed by atoms with van der Waals surface area (Å²) in [4.78, 5) is 33.3. The van der Waals surface area contributed by atoms with Crippen molar-refractivity contribution in [1.29, 1.82) is 0 Å². The van der Waals surface area contributed by atoms with Gasteiger partial charge in [0.2, 0.25) is 0 Å². The molecule has 0 spiro atoms. The second-order valence-corrected chi connectivity index (χ2v) is 8.15.